The maximum Gasteiger partial charge on any atom is 0.110 e. The lowest BCUT2D eigenvalue weighted by molar-refractivity contribution is 0.519. The number of hydrogen-bond donors (Lipinski definition) is 1. The van der Waals surface area contributed by atoms with Crippen LogP contribution in [0, 0.1) is 0 Å². The lowest BCUT2D eigenvalue weighted by atomic mass is 10.1. The second kappa shape index (κ2) is 6.41. The van der Waals surface area contributed by atoms with Gasteiger partial charge < -0.3 is 9.88 Å². The van der Waals surface area contributed by atoms with Crippen molar-refractivity contribution in [3.8, 4) is 0 Å². The van der Waals surface area contributed by atoms with Crippen LogP contribution in [-0.4, -0.2) is 16.1 Å². The van der Waals surface area contributed by atoms with Crippen molar-refractivity contribution in [3.05, 3.63) is 53.4 Å². The van der Waals surface area contributed by atoms with Gasteiger partial charge >= 0.3 is 0 Å². The summed E-state index contributed by atoms with van der Waals surface area (Å²) in [4.78, 5) is 5.87. The predicted octanol–water partition coefficient (Wildman–Crippen LogP) is 3.92. The number of benzene rings is 1. The fraction of sp³-hybridized carbons (Fsp3) is 0.353. The van der Waals surface area contributed by atoms with Crippen molar-refractivity contribution in [2.45, 2.75) is 25.8 Å². The van der Waals surface area contributed by atoms with Crippen molar-refractivity contribution in [1.82, 2.24) is 14.9 Å². The standard InChI is InChI=1S/C17H21N3S/c1-3-8-18-14(12-17-19-9-10-20(17)2)16-11-13-6-4-5-7-15(13)21-16/h4-7,9-11,14,18H,3,8,12H2,1-2H3. The third-order valence-electron chi connectivity index (χ3n) is 3.74. The Bertz CT molecular complexity index is 680. The summed E-state index contributed by atoms with van der Waals surface area (Å²) in [6.07, 6.45) is 5.95. The number of hydrogen-bond acceptors (Lipinski definition) is 3. The summed E-state index contributed by atoms with van der Waals surface area (Å²) in [7, 11) is 2.06. The molecule has 1 aromatic carbocycles. The van der Waals surface area contributed by atoms with E-state index in [1.165, 1.54) is 15.0 Å². The Kier molecular flexibility index (Phi) is 4.36. The van der Waals surface area contributed by atoms with Crippen LogP contribution in [0.2, 0.25) is 0 Å². The first kappa shape index (κ1) is 14.3. The first-order valence-electron chi connectivity index (χ1n) is 7.46. The summed E-state index contributed by atoms with van der Waals surface area (Å²) in [5.41, 5.74) is 0. The molecule has 0 spiro atoms. The highest BCUT2D eigenvalue weighted by atomic mass is 32.1. The van der Waals surface area contributed by atoms with E-state index in [0.717, 1.165) is 25.2 Å². The van der Waals surface area contributed by atoms with Gasteiger partial charge in [0.15, 0.2) is 0 Å². The Balaban J connectivity index is 1.88. The topological polar surface area (TPSA) is 29.9 Å². The molecule has 0 aliphatic rings. The fourth-order valence-corrected chi connectivity index (χ4v) is 3.68. The number of imidazole rings is 1. The van der Waals surface area contributed by atoms with Gasteiger partial charge in [-0.25, -0.2) is 4.98 Å². The van der Waals surface area contributed by atoms with E-state index in [-0.39, 0.29) is 0 Å². The van der Waals surface area contributed by atoms with Crippen LogP contribution < -0.4 is 5.32 Å². The molecule has 3 rings (SSSR count). The van der Waals surface area contributed by atoms with E-state index in [0.29, 0.717) is 6.04 Å². The van der Waals surface area contributed by atoms with Gasteiger partial charge in [-0.05, 0) is 30.5 Å². The Hall–Kier alpha value is -1.65. The monoisotopic (exact) mass is 299 g/mol. The molecule has 2 heterocycles. The lowest BCUT2D eigenvalue weighted by Gasteiger charge is -2.16. The van der Waals surface area contributed by atoms with Gasteiger partial charge in [0.25, 0.3) is 0 Å². The number of nitrogens with zero attached hydrogens (tertiary/aromatic N) is 2. The normalized spacial score (nSPS) is 12.9. The van der Waals surface area contributed by atoms with Gasteiger partial charge in [0.2, 0.25) is 0 Å². The van der Waals surface area contributed by atoms with Gasteiger partial charge in [0.1, 0.15) is 5.82 Å². The Labute approximate surface area is 129 Å². The van der Waals surface area contributed by atoms with Crippen LogP contribution in [0.15, 0.2) is 42.7 Å². The van der Waals surface area contributed by atoms with Gasteiger partial charge in [0, 0.05) is 41.5 Å². The molecule has 0 bridgehead atoms. The molecule has 1 atom stereocenters. The number of nitrogens with one attached hydrogen (secondary N) is 1. The van der Waals surface area contributed by atoms with E-state index in [2.05, 4.69) is 59.2 Å². The number of fused-ring (bicyclic) bond motifs is 1. The molecule has 0 amide bonds. The smallest absolute Gasteiger partial charge is 0.110 e. The second-order valence-corrected chi connectivity index (χ2v) is 6.47. The molecule has 0 fully saturated rings. The zero-order chi connectivity index (χ0) is 14.7. The summed E-state index contributed by atoms with van der Waals surface area (Å²) in [6.45, 7) is 3.24. The molecule has 3 nitrogen and oxygen atoms in total. The second-order valence-electron chi connectivity index (χ2n) is 5.35. The van der Waals surface area contributed by atoms with E-state index >= 15 is 0 Å². The number of aromatic nitrogens is 2. The van der Waals surface area contributed by atoms with Crippen molar-refractivity contribution in [1.29, 1.82) is 0 Å². The molecule has 1 N–H and O–H groups in total. The maximum atomic E-state index is 4.47. The van der Waals surface area contributed by atoms with E-state index < -0.39 is 0 Å². The maximum absolute atomic E-state index is 4.47. The first-order chi connectivity index (χ1) is 10.3. The van der Waals surface area contributed by atoms with Crippen LogP contribution in [0.4, 0.5) is 0 Å². The molecule has 0 aliphatic carbocycles. The van der Waals surface area contributed by atoms with E-state index in [4.69, 9.17) is 0 Å². The molecule has 0 saturated heterocycles. The van der Waals surface area contributed by atoms with Crippen LogP contribution in [0.5, 0.6) is 0 Å². The molecular formula is C17H21N3S. The third kappa shape index (κ3) is 3.17. The van der Waals surface area contributed by atoms with Crippen LogP contribution in [0.25, 0.3) is 10.1 Å². The summed E-state index contributed by atoms with van der Waals surface area (Å²) in [6, 6.07) is 11.2. The molecule has 0 aliphatic heterocycles. The zero-order valence-corrected chi connectivity index (χ0v) is 13.4. The molecule has 1 unspecified atom stereocenters. The lowest BCUT2D eigenvalue weighted by Crippen LogP contribution is -2.24. The molecular weight excluding hydrogens is 278 g/mol. The average molecular weight is 299 g/mol. The highest BCUT2D eigenvalue weighted by Crippen LogP contribution is 2.31. The Morgan fingerprint density at radius 3 is 2.90 bits per heavy atom. The molecule has 3 aromatic rings. The quantitative estimate of drug-likeness (QED) is 0.747. The molecule has 110 valence electrons. The van der Waals surface area contributed by atoms with Crippen LogP contribution in [0.1, 0.15) is 30.1 Å². The minimum absolute atomic E-state index is 0.337. The summed E-state index contributed by atoms with van der Waals surface area (Å²) in [5, 5.41) is 5.00. The zero-order valence-electron chi connectivity index (χ0n) is 12.5. The van der Waals surface area contributed by atoms with Crippen molar-refractivity contribution < 1.29 is 0 Å². The van der Waals surface area contributed by atoms with E-state index in [1.54, 1.807) is 0 Å². The SMILES string of the molecule is CCCNC(Cc1nccn1C)c1cc2ccccc2s1. The minimum Gasteiger partial charge on any atom is -0.338 e. The molecule has 2 aromatic heterocycles. The van der Waals surface area contributed by atoms with E-state index in [1.807, 2.05) is 23.7 Å². The predicted molar refractivity (Wildman–Crippen MR) is 89.8 cm³/mol. The largest absolute Gasteiger partial charge is 0.338 e. The number of rotatable bonds is 6. The van der Waals surface area contributed by atoms with Crippen molar-refractivity contribution >= 4 is 21.4 Å². The Morgan fingerprint density at radius 2 is 2.19 bits per heavy atom. The van der Waals surface area contributed by atoms with Crippen molar-refractivity contribution in [2.75, 3.05) is 6.54 Å². The number of thiophene rings is 1. The van der Waals surface area contributed by atoms with Crippen LogP contribution in [-0.2, 0) is 13.5 Å². The number of aryl methyl sites for hydroxylation is 1. The third-order valence-corrected chi connectivity index (χ3v) is 4.97. The van der Waals surface area contributed by atoms with E-state index in [9.17, 15) is 0 Å². The highest BCUT2D eigenvalue weighted by Gasteiger charge is 2.16. The first-order valence-corrected chi connectivity index (χ1v) is 8.27. The molecule has 4 heteroatoms. The highest BCUT2D eigenvalue weighted by molar-refractivity contribution is 7.19. The van der Waals surface area contributed by atoms with Crippen LogP contribution in [0.3, 0.4) is 0 Å². The van der Waals surface area contributed by atoms with Crippen molar-refractivity contribution in [2.24, 2.45) is 7.05 Å². The van der Waals surface area contributed by atoms with Gasteiger partial charge in [-0.15, -0.1) is 11.3 Å². The van der Waals surface area contributed by atoms with Gasteiger partial charge in [-0.1, -0.05) is 25.1 Å². The molecule has 0 saturated carbocycles. The average Bonchev–Trinajstić information content (AvgIpc) is 3.09. The Morgan fingerprint density at radius 1 is 1.33 bits per heavy atom. The van der Waals surface area contributed by atoms with Gasteiger partial charge in [-0.3, -0.25) is 0 Å². The van der Waals surface area contributed by atoms with Crippen LogP contribution >= 0.6 is 11.3 Å². The summed E-state index contributed by atoms with van der Waals surface area (Å²) >= 11 is 1.88. The fourth-order valence-electron chi connectivity index (χ4n) is 2.54. The summed E-state index contributed by atoms with van der Waals surface area (Å²) in [5.74, 6) is 1.13. The van der Waals surface area contributed by atoms with Crippen molar-refractivity contribution in [3.63, 3.8) is 0 Å². The summed E-state index contributed by atoms with van der Waals surface area (Å²) < 4.78 is 3.46. The van der Waals surface area contributed by atoms with Gasteiger partial charge in [-0.2, -0.15) is 0 Å². The minimum atomic E-state index is 0.337. The molecule has 0 radical (unpaired) electrons. The molecule has 21 heavy (non-hydrogen) atoms. The van der Waals surface area contributed by atoms with Gasteiger partial charge in [0.05, 0.1) is 0 Å².